The zero-order valence-corrected chi connectivity index (χ0v) is 22.8. The van der Waals surface area contributed by atoms with E-state index in [1.807, 2.05) is 6.07 Å². The minimum Gasteiger partial charge on any atom is -0.458 e. The molecule has 3 aliphatic rings. The summed E-state index contributed by atoms with van der Waals surface area (Å²) in [5, 5.41) is 18.4. The molecule has 0 spiro atoms. The van der Waals surface area contributed by atoms with E-state index in [1.165, 1.54) is 0 Å². The van der Waals surface area contributed by atoms with Crippen LogP contribution in [0.5, 0.6) is 11.5 Å². The Morgan fingerprint density at radius 2 is 1.86 bits per heavy atom. The van der Waals surface area contributed by atoms with Gasteiger partial charge in [-0.05, 0) is 30.5 Å². The molecule has 15 heteroatoms. The second-order valence-electron chi connectivity index (χ2n) is 10.0. The van der Waals surface area contributed by atoms with Gasteiger partial charge in [0, 0.05) is 29.2 Å². The molecule has 3 aliphatic heterocycles. The SMILES string of the molecule is O=CNCC(=O)NCC(=O)NCOCCCc1c2c(nc3cc4c(cc13)OCO4)-c1cc3c(c(=O)n1C2)COC(=O)[C@H]3O. The van der Waals surface area contributed by atoms with Gasteiger partial charge in [-0.1, -0.05) is 0 Å². The van der Waals surface area contributed by atoms with Crippen molar-refractivity contribution in [2.24, 2.45) is 0 Å². The fourth-order valence-electron chi connectivity index (χ4n) is 5.38. The van der Waals surface area contributed by atoms with Crippen LogP contribution in [0.3, 0.4) is 0 Å². The van der Waals surface area contributed by atoms with Crippen molar-refractivity contribution >= 4 is 35.1 Å². The number of hydrogen-bond donors (Lipinski definition) is 4. The summed E-state index contributed by atoms with van der Waals surface area (Å²) in [5.41, 5.74) is 3.59. The summed E-state index contributed by atoms with van der Waals surface area (Å²) in [5.74, 6) is -0.601. The summed E-state index contributed by atoms with van der Waals surface area (Å²) in [4.78, 5) is 63.9. The van der Waals surface area contributed by atoms with Gasteiger partial charge in [0.1, 0.15) is 13.3 Å². The summed E-state index contributed by atoms with van der Waals surface area (Å²) in [6.45, 7) is -0.107. The molecular weight excluding hydrogens is 566 g/mol. The van der Waals surface area contributed by atoms with Crippen molar-refractivity contribution in [1.29, 1.82) is 0 Å². The van der Waals surface area contributed by atoms with Crippen LogP contribution < -0.4 is 31.0 Å². The number of carbonyl (C=O) groups excluding carboxylic acids is 4. The predicted molar refractivity (Wildman–Crippen MR) is 146 cm³/mol. The third-order valence-corrected chi connectivity index (χ3v) is 7.45. The third kappa shape index (κ3) is 5.35. The maximum Gasteiger partial charge on any atom is 0.340 e. The molecular formula is C28H27N5O10. The highest BCUT2D eigenvalue weighted by Crippen LogP contribution is 2.42. The average Bonchev–Trinajstić information content (AvgIpc) is 3.61. The quantitative estimate of drug-likeness (QED) is 0.0730. The molecule has 0 bridgehead atoms. The van der Waals surface area contributed by atoms with Crippen molar-refractivity contribution in [2.75, 3.05) is 33.2 Å². The average molecular weight is 594 g/mol. The molecule has 3 aromatic rings. The number of ether oxygens (including phenoxy) is 4. The molecule has 224 valence electrons. The number of pyridine rings is 2. The van der Waals surface area contributed by atoms with Crippen molar-refractivity contribution in [1.82, 2.24) is 25.5 Å². The molecule has 0 saturated heterocycles. The van der Waals surface area contributed by atoms with Crippen LogP contribution >= 0.6 is 0 Å². The highest BCUT2D eigenvalue weighted by atomic mass is 16.7. The molecule has 1 atom stereocenters. The Morgan fingerprint density at radius 1 is 1.07 bits per heavy atom. The van der Waals surface area contributed by atoms with Crippen molar-refractivity contribution in [2.45, 2.75) is 32.1 Å². The number of benzene rings is 1. The van der Waals surface area contributed by atoms with Crippen LogP contribution in [0.4, 0.5) is 0 Å². The van der Waals surface area contributed by atoms with Gasteiger partial charge >= 0.3 is 5.97 Å². The van der Waals surface area contributed by atoms with E-state index in [1.54, 1.807) is 16.7 Å². The second-order valence-corrected chi connectivity index (χ2v) is 10.0. The van der Waals surface area contributed by atoms with Crippen LogP contribution in [0.1, 0.15) is 34.8 Å². The first-order chi connectivity index (χ1) is 20.9. The Kier molecular flexibility index (Phi) is 7.65. The second kappa shape index (κ2) is 11.7. The highest BCUT2D eigenvalue weighted by molar-refractivity contribution is 5.91. The van der Waals surface area contributed by atoms with Crippen molar-refractivity contribution in [3.05, 3.63) is 50.8 Å². The third-order valence-electron chi connectivity index (χ3n) is 7.45. The first kappa shape index (κ1) is 28.1. The first-order valence-electron chi connectivity index (χ1n) is 13.5. The van der Waals surface area contributed by atoms with Gasteiger partial charge in [-0.25, -0.2) is 9.78 Å². The number of hydrogen-bond acceptors (Lipinski definition) is 11. The monoisotopic (exact) mass is 593 g/mol. The lowest BCUT2D eigenvalue weighted by Gasteiger charge is -2.21. The van der Waals surface area contributed by atoms with Crippen molar-refractivity contribution in [3.63, 3.8) is 0 Å². The van der Waals surface area contributed by atoms with Crippen LogP contribution in [0, 0.1) is 0 Å². The Bertz CT molecular complexity index is 1720. The Hall–Kier alpha value is -5.02. The van der Waals surface area contributed by atoms with Gasteiger partial charge in [0.05, 0.1) is 42.1 Å². The van der Waals surface area contributed by atoms with E-state index in [2.05, 4.69) is 16.0 Å². The maximum atomic E-state index is 13.4. The molecule has 0 fully saturated rings. The molecule has 0 aliphatic carbocycles. The number of cyclic esters (lactones) is 1. The zero-order valence-electron chi connectivity index (χ0n) is 22.8. The Labute approximate surface area is 243 Å². The summed E-state index contributed by atoms with van der Waals surface area (Å²) < 4.78 is 23.3. The van der Waals surface area contributed by atoms with Gasteiger partial charge in [-0.3, -0.25) is 19.2 Å². The first-order valence-corrected chi connectivity index (χ1v) is 13.5. The van der Waals surface area contributed by atoms with Gasteiger partial charge in [0.2, 0.25) is 25.0 Å². The summed E-state index contributed by atoms with van der Waals surface area (Å²) in [6.07, 6.45) is -0.0529. The fourth-order valence-corrected chi connectivity index (χ4v) is 5.38. The van der Waals surface area contributed by atoms with E-state index >= 15 is 0 Å². The molecule has 4 N–H and O–H groups in total. The summed E-state index contributed by atoms with van der Waals surface area (Å²) in [6, 6.07) is 5.29. The molecule has 6 rings (SSSR count). The van der Waals surface area contributed by atoms with E-state index < -0.39 is 23.9 Å². The highest BCUT2D eigenvalue weighted by Gasteiger charge is 2.35. The number of fused-ring (bicyclic) bond motifs is 6. The predicted octanol–water partition coefficient (Wildman–Crippen LogP) is -0.871. The van der Waals surface area contributed by atoms with Crippen LogP contribution in [0.25, 0.3) is 22.3 Å². The Morgan fingerprint density at radius 3 is 2.67 bits per heavy atom. The van der Waals surface area contributed by atoms with E-state index in [4.69, 9.17) is 23.9 Å². The topological polar surface area (TPSA) is 196 Å². The Balaban J connectivity index is 1.19. The lowest BCUT2D eigenvalue weighted by molar-refractivity contribution is -0.157. The van der Waals surface area contributed by atoms with E-state index in [9.17, 15) is 29.1 Å². The number of esters is 1. The largest absolute Gasteiger partial charge is 0.458 e. The minimum absolute atomic E-state index is 0.0648. The molecule has 43 heavy (non-hydrogen) atoms. The molecule has 1 aromatic carbocycles. The van der Waals surface area contributed by atoms with Crippen LogP contribution in [-0.2, 0) is 48.2 Å². The number of carbonyl (C=O) groups is 4. The molecule has 3 amide bonds. The van der Waals surface area contributed by atoms with E-state index in [0.29, 0.717) is 54.3 Å². The molecule has 0 radical (unpaired) electrons. The number of nitrogens with zero attached hydrogens (tertiary/aromatic N) is 2. The fraction of sp³-hybridized carbons (Fsp3) is 0.357. The number of aliphatic hydroxyl groups is 1. The molecule has 0 unspecified atom stereocenters. The minimum atomic E-state index is -1.55. The molecule has 2 aromatic heterocycles. The van der Waals surface area contributed by atoms with Crippen molar-refractivity contribution in [3.8, 4) is 22.9 Å². The number of aromatic nitrogens is 2. The summed E-state index contributed by atoms with van der Waals surface area (Å²) >= 11 is 0. The van der Waals surface area contributed by atoms with Crippen LogP contribution in [-0.4, -0.2) is 72.1 Å². The van der Waals surface area contributed by atoms with E-state index in [0.717, 1.165) is 16.5 Å². The van der Waals surface area contributed by atoms with Gasteiger partial charge < -0.3 is 44.6 Å². The number of nitrogens with one attached hydrogen (secondary N) is 3. The molecule has 15 nitrogen and oxygen atoms in total. The molecule has 5 heterocycles. The van der Waals surface area contributed by atoms with Gasteiger partial charge in [0.25, 0.3) is 5.56 Å². The number of rotatable bonds is 11. The summed E-state index contributed by atoms with van der Waals surface area (Å²) in [7, 11) is 0. The maximum absolute atomic E-state index is 13.4. The van der Waals surface area contributed by atoms with Crippen molar-refractivity contribution < 1.29 is 43.2 Å². The smallest absolute Gasteiger partial charge is 0.340 e. The number of aliphatic hydroxyl groups excluding tert-OH is 1. The van der Waals surface area contributed by atoms with Gasteiger partial charge in [0.15, 0.2) is 17.6 Å². The lowest BCUT2D eigenvalue weighted by Crippen LogP contribution is -2.41. The molecule has 0 saturated carbocycles. The number of amides is 3. The zero-order chi connectivity index (χ0) is 30.1. The normalized spacial score (nSPS) is 15.7. The van der Waals surface area contributed by atoms with Gasteiger partial charge in [-0.2, -0.15) is 0 Å². The standard InChI is InChI=1S/C28H27N5O10/c34-11-29-7-23(35)30-8-24(36)31-12-40-3-1-2-14-15-5-21-22(43-13-42-21)6-19(15)32-25-17(14)9-33-20(25)4-16-18(27(33)38)10-41-28(39)26(16)37/h4-6,11,26,37H,1-3,7-10,12-13H2,(H,29,34)(H,30,35)(H,31,36)/t26-/m0/s1. The van der Waals surface area contributed by atoms with Crippen LogP contribution in [0.15, 0.2) is 23.0 Å². The van der Waals surface area contributed by atoms with E-state index in [-0.39, 0.29) is 56.5 Å². The number of aryl methyl sites for hydroxylation is 1. The van der Waals surface area contributed by atoms with Gasteiger partial charge in [-0.15, -0.1) is 0 Å². The lowest BCUT2D eigenvalue weighted by atomic mass is 9.96. The van der Waals surface area contributed by atoms with Crippen LogP contribution in [0.2, 0.25) is 0 Å².